The molecule has 0 aliphatic carbocycles. The minimum atomic E-state index is -0.420. The number of aliphatic hydroxyl groups excluding tert-OH is 1. The highest BCUT2D eigenvalue weighted by Crippen LogP contribution is 2.16. The van der Waals surface area contributed by atoms with Crippen LogP contribution in [-0.4, -0.2) is 29.8 Å². The largest absolute Gasteiger partial charge is 0.484 e. The number of carbonyl (C=O) groups excluding carboxylic acids is 1. The van der Waals surface area contributed by atoms with E-state index in [-0.39, 0.29) is 18.6 Å². The summed E-state index contributed by atoms with van der Waals surface area (Å²) in [5, 5.41) is 12.0. The number of amides is 1. The smallest absolute Gasteiger partial charge is 0.258 e. The van der Waals surface area contributed by atoms with Crippen molar-refractivity contribution in [2.75, 3.05) is 6.61 Å². The summed E-state index contributed by atoms with van der Waals surface area (Å²) in [7, 11) is 0. The van der Waals surface area contributed by atoms with Crippen LogP contribution in [0.25, 0.3) is 0 Å². The van der Waals surface area contributed by atoms with E-state index in [2.05, 4.69) is 5.32 Å². The van der Waals surface area contributed by atoms with Crippen molar-refractivity contribution in [3.05, 3.63) is 29.3 Å². The summed E-state index contributed by atoms with van der Waals surface area (Å²) in [6, 6.07) is 5.69. The quantitative estimate of drug-likeness (QED) is 0.826. The van der Waals surface area contributed by atoms with Gasteiger partial charge in [-0.15, -0.1) is 0 Å². The Morgan fingerprint density at radius 1 is 1.32 bits per heavy atom. The van der Waals surface area contributed by atoms with Crippen LogP contribution >= 0.6 is 0 Å². The Morgan fingerprint density at radius 2 is 2.00 bits per heavy atom. The number of aliphatic hydroxyl groups is 1. The molecule has 1 amide bonds. The van der Waals surface area contributed by atoms with Crippen LogP contribution in [0.15, 0.2) is 18.2 Å². The van der Waals surface area contributed by atoms with E-state index in [0.29, 0.717) is 12.2 Å². The lowest BCUT2D eigenvalue weighted by atomic mass is 10.1. The molecule has 2 unspecified atom stereocenters. The fourth-order valence-corrected chi connectivity index (χ4v) is 1.84. The highest BCUT2D eigenvalue weighted by atomic mass is 16.5. The number of carbonyl (C=O) groups is 1. The van der Waals surface area contributed by atoms with Gasteiger partial charge in [0.15, 0.2) is 6.61 Å². The number of aryl methyl sites for hydroxylation is 2. The molecule has 2 N–H and O–H groups in total. The molecule has 19 heavy (non-hydrogen) atoms. The third-order valence-electron chi connectivity index (χ3n) is 2.95. The maximum atomic E-state index is 11.6. The maximum absolute atomic E-state index is 11.6. The van der Waals surface area contributed by atoms with Gasteiger partial charge in [0.05, 0.1) is 6.10 Å². The molecule has 0 fully saturated rings. The lowest BCUT2D eigenvalue weighted by Crippen LogP contribution is -2.37. The Labute approximate surface area is 114 Å². The third-order valence-corrected chi connectivity index (χ3v) is 2.95. The van der Waals surface area contributed by atoms with E-state index in [4.69, 9.17) is 4.74 Å². The second-order valence-corrected chi connectivity index (χ2v) is 5.09. The molecule has 106 valence electrons. The first-order valence-electron chi connectivity index (χ1n) is 6.56. The number of ether oxygens (including phenoxy) is 1. The second kappa shape index (κ2) is 7.14. The summed E-state index contributed by atoms with van der Waals surface area (Å²) in [6.07, 6.45) is 0.117. The fourth-order valence-electron chi connectivity index (χ4n) is 1.84. The van der Waals surface area contributed by atoms with Crippen molar-refractivity contribution in [3.8, 4) is 5.75 Å². The summed E-state index contributed by atoms with van der Waals surface area (Å²) in [4.78, 5) is 11.6. The van der Waals surface area contributed by atoms with Gasteiger partial charge in [-0.2, -0.15) is 0 Å². The van der Waals surface area contributed by atoms with Crippen LogP contribution in [0.2, 0.25) is 0 Å². The Kier molecular flexibility index (Phi) is 5.83. The molecule has 0 aromatic heterocycles. The molecular weight excluding hydrogens is 242 g/mol. The monoisotopic (exact) mass is 265 g/mol. The van der Waals surface area contributed by atoms with Crippen molar-refractivity contribution in [3.63, 3.8) is 0 Å². The van der Waals surface area contributed by atoms with Crippen LogP contribution in [0.4, 0.5) is 0 Å². The molecule has 0 radical (unpaired) electrons. The zero-order valence-corrected chi connectivity index (χ0v) is 12.1. The van der Waals surface area contributed by atoms with Crippen molar-refractivity contribution >= 4 is 5.91 Å². The molecule has 4 nitrogen and oxygen atoms in total. The maximum Gasteiger partial charge on any atom is 0.258 e. The summed E-state index contributed by atoms with van der Waals surface area (Å²) in [5.74, 6) is 0.521. The standard InChI is InChI=1S/C15H23NO3/c1-10-5-6-14(7-11(10)2)19-9-15(18)16-12(3)8-13(4)17/h5-7,12-13,17H,8-9H2,1-4H3,(H,16,18). The number of rotatable bonds is 6. The Morgan fingerprint density at radius 3 is 2.58 bits per heavy atom. The van der Waals surface area contributed by atoms with Gasteiger partial charge < -0.3 is 15.2 Å². The predicted molar refractivity (Wildman–Crippen MR) is 75.3 cm³/mol. The van der Waals surface area contributed by atoms with Gasteiger partial charge in [-0.05, 0) is 57.4 Å². The van der Waals surface area contributed by atoms with E-state index in [1.807, 2.05) is 39.0 Å². The van der Waals surface area contributed by atoms with Crippen LogP contribution < -0.4 is 10.1 Å². The van der Waals surface area contributed by atoms with E-state index in [1.165, 1.54) is 5.56 Å². The van der Waals surface area contributed by atoms with E-state index >= 15 is 0 Å². The molecule has 0 aliphatic heterocycles. The lowest BCUT2D eigenvalue weighted by Gasteiger charge is -2.15. The molecule has 2 atom stereocenters. The van der Waals surface area contributed by atoms with Crippen LogP contribution in [-0.2, 0) is 4.79 Å². The highest BCUT2D eigenvalue weighted by molar-refractivity contribution is 5.77. The average Bonchev–Trinajstić information content (AvgIpc) is 2.29. The molecule has 0 saturated carbocycles. The minimum Gasteiger partial charge on any atom is -0.484 e. The lowest BCUT2D eigenvalue weighted by molar-refractivity contribution is -0.123. The van der Waals surface area contributed by atoms with Crippen LogP contribution in [0.3, 0.4) is 0 Å². The predicted octanol–water partition coefficient (Wildman–Crippen LogP) is 1.96. The molecule has 0 heterocycles. The van der Waals surface area contributed by atoms with Gasteiger partial charge in [0.25, 0.3) is 5.91 Å². The first-order chi connectivity index (χ1) is 8.88. The number of hydrogen-bond acceptors (Lipinski definition) is 3. The van der Waals surface area contributed by atoms with Gasteiger partial charge in [0.1, 0.15) is 5.75 Å². The molecule has 1 rings (SSSR count). The van der Waals surface area contributed by atoms with Crippen molar-refractivity contribution in [2.45, 2.75) is 46.3 Å². The average molecular weight is 265 g/mol. The molecule has 4 heteroatoms. The number of benzene rings is 1. The highest BCUT2D eigenvalue weighted by Gasteiger charge is 2.10. The fraction of sp³-hybridized carbons (Fsp3) is 0.533. The molecule has 0 spiro atoms. The van der Waals surface area contributed by atoms with Crippen molar-refractivity contribution in [1.82, 2.24) is 5.32 Å². The Hall–Kier alpha value is -1.55. The Bertz CT molecular complexity index is 429. The van der Waals surface area contributed by atoms with Gasteiger partial charge in [-0.3, -0.25) is 4.79 Å². The zero-order valence-electron chi connectivity index (χ0n) is 12.1. The van der Waals surface area contributed by atoms with Crippen molar-refractivity contribution in [2.24, 2.45) is 0 Å². The second-order valence-electron chi connectivity index (χ2n) is 5.09. The summed E-state index contributed by atoms with van der Waals surface area (Å²) in [6.45, 7) is 7.60. The van der Waals surface area contributed by atoms with Crippen molar-refractivity contribution < 1.29 is 14.6 Å². The van der Waals surface area contributed by atoms with Crippen LogP contribution in [0.5, 0.6) is 5.75 Å². The minimum absolute atomic E-state index is 0.00729. The summed E-state index contributed by atoms with van der Waals surface area (Å²) < 4.78 is 5.43. The molecule has 1 aromatic rings. The normalized spacial score (nSPS) is 13.7. The molecule has 1 aromatic carbocycles. The van der Waals surface area contributed by atoms with Crippen molar-refractivity contribution in [1.29, 1.82) is 0 Å². The first kappa shape index (κ1) is 15.5. The van der Waals surface area contributed by atoms with Gasteiger partial charge in [-0.1, -0.05) is 6.07 Å². The summed E-state index contributed by atoms with van der Waals surface area (Å²) in [5.41, 5.74) is 2.34. The molecule has 0 saturated heterocycles. The van der Waals surface area contributed by atoms with Gasteiger partial charge in [0, 0.05) is 6.04 Å². The molecular formula is C15H23NO3. The van der Waals surface area contributed by atoms with Crippen LogP contribution in [0.1, 0.15) is 31.4 Å². The van der Waals surface area contributed by atoms with E-state index in [1.54, 1.807) is 6.92 Å². The molecule has 0 bridgehead atoms. The van der Waals surface area contributed by atoms with Gasteiger partial charge >= 0.3 is 0 Å². The zero-order chi connectivity index (χ0) is 14.4. The van der Waals surface area contributed by atoms with Gasteiger partial charge in [0.2, 0.25) is 0 Å². The Balaban J connectivity index is 2.39. The SMILES string of the molecule is Cc1ccc(OCC(=O)NC(C)CC(C)O)cc1C. The number of nitrogens with one attached hydrogen (secondary N) is 1. The first-order valence-corrected chi connectivity index (χ1v) is 6.56. The topological polar surface area (TPSA) is 58.6 Å². The third kappa shape index (κ3) is 5.75. The van der Waals surface area contributed by atoms with E-state index in [9.17, 15) is 9.90 Å². The van der Waals surface area contributed by atoms with E-state index < -0.39 is 6.10 Å². The number of hydrogen-bond donors (Lipinski definition) is 2. The summed E-state index contributed by atoms with van der Waals surface area (Å²) >= 11 is 0. The van der Waals surface area contributed by atoms with E-state index in [0.717, 1.165) is 5.56 Å². The molecule has 0 aliphatic rings. The van der Waals surface area contributed by atoms with Crippen LogP contribution in [0, 0.1) is 13.8 Å². The van der Waals surface area contributed by atoms with Gasteiger partial charge in [-0.25, -0.2) is 0 Å².